The van der Waals surface area contributed by atoms with Crippen molar-refractivity contribution < 1.29 is 14.7 Å². The first-order chi connectivity index (χ1) is 9.09. The largest absolute Gasteiger partial charge is 0.481 e. The van der Waals surface area contributed by atoms with Gasteiger partial charge in [0, 0.05) is 20.0 Å². The molecule has 0 bridgehead atoms. The normalized spacial score (nSPS) is 22.4. The lowest BCUT2D eigenvalue weighted by Crippen LogP contribution is -2.36. The molecule has 104 valence electrons. The summed E-state index contributed by atoms with van der Waals surface area (Å²) in [4.78, 5) is 23.0. The molecule has 0 radical (unpaired) electrons. The van der Waals surface area contributed by atoms with Gasteiger partial charge in [-0.15, -0.1) is 10.2 Å². The number of hydrogen-bond donors (Lipinski definition) is 2. The minimum atomic E-state index is -0.869. The summed E-state index contributed by atoms with van der Waals surface area (Å²) in [5.74, 6) is -1.16. The van der Waals surface area contributed by atoms with Crippen molar-refractivity contribution in [3.05, 3.63) is 12.2 Å². The highest BCUT2D eigenvalue weighted by molar-refractivity contribution is 5.85. The molecular formula is C12H18N4O3. The zero-order chi connectivity index (χ0) is 13.8. The quantitative estimate of drug-likeness (QED) is 0.780. The van der Waals surface area contributed by atoms with E-state index >= 15 is 0 Å². The highest BCUT2D eigenvalue weighted by Crippen LogP contribution is 2.31. The standard InChI is InChI=1S/C12H18N4O3/c1-16-7-14-15-10(16)5-6-13-11(17)8-3-2-4-9(8)12(18)19/h7-9H,2-6H2,1H3,(H,13,17)(H,18,19)/t8-,9+/m1/s1. The first-order valence-electron chi connectivity index (χ1n) is 6.43. The van der Waals surface area contributed by atoms with Gasteiger partial charge in [0.2, 0.25) is 5.91 Å². The molecular weight excluding hydrogens is 248 g/mol. The van der Waals surface area contributed by atoms with Gasteiger partial charge >= 0.3 is 5.97 Å². The Morgan fingerprint density at radius 2 is 2.21 bits per heavy atom. The molecule has 1 aromatic heterocycles. The zero-order valence-corrected chi connectivity index (χ0v) is 10.9. The number of carbonyl (C=O) groups excluding carboxylic acids is 1. The van der Waals surface area contributed by atoms with Crippen LogP contribution in [0.2, 0.25) is 0 Å². The number of nitrogens with one attached hydrogen (secondary N) is 1. The van der Waals surface area contributed by atoms with Crippen molar-refractivity contribution in [2.75, 3.05) is 6.54 Å². The molecule has 1 aromatic rings. The fraction of sp³-hybridized carbons (Fsp3) is 0.667. The monoisotopic (exact) mass is 266 g/mol. The van der Waals surface area contributed by atoms with Crippen LogP contribution in [0.4, 0.5) is 0 Å². The topological polar surface area (TPSA) is 97.1 Å². The number of hydrogen-bond acceptors (Lipinski definition) is 4. The number of aryl methyl sites for hydroxylation is 1. The molecule has 0 aromatic carbocycles. The molecule has 2 atom stereocenters. The van der Waals surface area contributed by atoms with Crippen molar-refractivity contribution in [2.45, 2.75) is 25.7 Å². The third-order valence-electron chi connectivity index (χ3n) is 3.62. The van der Waals surface area contributed by atoms with E-state index in [1.54, 1.807) is 10.9 Å². The highest BCUT2D eigenvalue weighted by atomic mass is 16.4. The van der Waals surface area contributed by atoms with E-state index in [2.05, 4.69) is 15.5 Å². The van der Waals surface area contributed by atoms with Crippen molar-refractivity contribution in [1.29, 1.82) is 0 Å². The predicted molar refractivity (Wildman–Crippen MR) is 66.2 cm³/mol. The van der Waals surface area contributed by atoms with E-state index in [-0.39, 0.29) is 5.91 Å². The SMILES string of the molecule is Cn1cnnc1CCNC(=O)[C@@H]1CCC[C@@H]1C(=O)O. The van der Waals surface area contributed by atoms with E-state index in [4.69, 9.17) is 5.11 Å². The Morgan fingerprint density at radius 1 is 1.47 bits per heavy atom. The van der Waals surface area contributed by atoms with Gasteiger partial charge in [0.25, 0.3) is 0 Å². The van der Waals surface area contributed by atoms with E-state index in [1.807, 2.05) is 7.05 Å². The van der Waals surface area contributed by atoms with Crippen LogP contribution in [0.1, 0.15) is 25.1 Å². The summed E-state index contributed by atoms with van der Waals surface area (Å²) in [6.07, 6.45) is 4.25. The lowest BCUT2D eigenvalue weighted by Gasteiger charge is -2.15. The van der Waals surface area contributed by atoms with Gasteiger partial charge in [-0.05, 0) is 12.8 Å². The minimum Gasteiger partial charge on any atom is -0.481 e. The van der Waals surface area contributed by atoms with Gasteiger partial charge in [0.1, 0.15) is 12.2 Å². The number of carbonyl (C=O) groups is 2. The summed E-state index contributed by atoms with van der Waals surface area (Å²) in [7, 11) is 1.84. The smallest absolute Gasteiger partial charge is 0.307 e. The lowest BCUT2D eigenvalue weighted by molar-refractivity contribution is -0.146. The summed E-state index contributed by atoms with van der Waals surface area (Å²) < 4.78 is 1.79. The fourth-order valence-electron chi connectivity index (χ4n) is 2.53. The second-order valence-corrected chi connectivity index (χ2v) is 4.88. The number of carboxylic acid groups (broad SMARTS) is 1. The Bertz CT molecular complexity index is 471. The minimum absolute atomic E-state index is 0.160. The van der Waals surface area contributed by atoms with Crippen molar-refractivity contribution in [3.8, 4) is 0 Å². The highest BCUT2D eigenvalue weighted by Gasteiger charge is 2.37. The first-order valence-corrected chi connectivity index (χ1v) is 6.43. The van der Waals surface area contributed by atoms with Gasteiger partial charge in [-0.1, -0.05) is 6.42 Å². The van der Waals surface area contributed by atoms with Crippen molar-refractivity contribution in [3.63, 3.8) is 0 Å². The van der Waals surface area contributed by atoms with Gasteiger partial charge in [-0.2, -0.15) is 0 Å². The van der Waals surface area contributed by atoms with Crippen LogP contribution in [0.15, 0.2) is 6.33 Å². The van der Waals surface area contributed by atoms with Crippen LogP contribution in [0.3, 0.4) is 0 Å². The number of aliphatic carboxylic acids is 1. The molecule has 0 aliphatic heterocycles. The van der Waals surface area contributed by atoms with Crippen LogP contribution in [0.25, 0.3) is 0 Å². The van der Waals surface area contributed by atoms with Gasteiger partial charge < -0.3 is 15.0 Å². The van der Waals surface area contributed by atoms with E-state index in [1.165, 1.54) is 0 Å². The maximum atomic E-state index is 12.0. The molecule has 0 unspecified atom stereocenters. The zero-order valence-electron chi connectivity index (χ0n) is 10.9. The second kappa shape index (κ2) is 5.81. The Hall–Kier alpha value is -1.92. The van der Waals surface area contributed by atoms with E-state index in [0.29, 0.717) is 25.8 Å². The lowest BCUT2D eigenvalue weighted by atomic mass is 9.95. The Morgan fingerprint density at radius 3 is 2.84 bits per heavy atom. The van der Waals surface area contributed by atoms with Crippen LogP contribution in [0, 0.1) is 11.8 Å². The summed E-state index contributed by atoms with van der Waals surface area (Å²) in [6, 6.07) is 0. The predicted octanol–water partition coefficient (Wildman–Crippen LogP) is -0.0253. The van der Waals surface area contributed by atoms with E-state index in [0.717, 1.165) is 12.2 Å². The summed E-state index contributed by atoms with van der Waals surface area (Å²) in [5.41, 5.74) is 0. The third-order valence-corrected chi connectivity index (χ3v) is 3.62. The van der Waals surface area contributed by atoms with Gasteiger partial charge in [0.15, 0.2) is 0 Å². The number of amides is 1. The second-order valence-electron chi connectivity index (χ2n) is 4.88. The van der Waals surface area contributed by atoms with Crippen LogP contribution in [-0.4, -0.2) is 38.3 Å². The average molecular weight is 266 g/mol. The van der Waals surface area contributed by atoms with Crippen LogP contribution < -0.4 is 5.32 Å². The third kappa shape index (κ3) is 3.10. The van der Waals surface area contributed by atoms with E-state index < -0.39 is 17.8 Å². The maximum absolute atomic E-state index is 12.0. The van der Waals surface area contributed by atoms with Crippen molar-refractivity contribution in [2.24, 2.45) is 18.9 Å². The van der Waals surface area contributed by atoms with Crippen LogP contribution in [0.5, 0.6) is 0 Å². The number of aromatic nitrogens is 3. The Kier molecular flexibility index (Phi) is 4.13. The van der Waals surface area contributed by atoms with Crippen molar-refractivity contribution in [1.82, 2.24) is 20.1 Å². The van der Waals surface area contributed by atoms with Crippen molar-refractivity contribution >= 4 is 11.9 Å². The van der Waals surface area contributed by atoms with Gasteiger partial charge in [-0.25, -0.2) is 0 Å². The molecule has 2 N–H and O–H groups in total. The number of carboxylic acids is 1. The fourth-order valence-corrected chi connectivity index (χ4v) is 2.53. The average Bonchev–Trinajstić information content (AvgIpc) is 2.98. The summed E-state index contributed by atoms with van der Waals surface area (Å²) in [5, 5.41) is 19.5. The molecule has 19 heavy (non-hydrogen) atoms. The first kappa shape index (κ1) is 13.5. The van der Waals surface area contributed by atoms with Crippen LogP contribution in [-0.2, 0) is 23.1 Å². The Labute approximate surface area is 111 Å². The molecule has 7 heteroatoms. The molecule has 1 saturated carbocycles. The van der Waals surface area contributed by atoms with Gasteiger partial charge in [-0.3, -0.25) is 9.59 Å². The molecule has 1 fully saturated rings. The Balaban J connectivity index is 1.81. The molecule has 0 spiro atoms. The molecule has 1 heterocycles. The molecule has 2 rings (SSSR count). The van der Waals surface area contributed by atoms with Crippen LogP contribution >= 0.6 is 0 Å². The number of nitrogens with zero attached hydrogens (tertiary/aromatic N) is 3. The van der Waals surface area contributed by atoms with E-state index in [9.17, 15) is 9.59 Å². The molecule has 1 aliphatic carbocycles. The summed E-state index contributed by atoms with van der Waals surface area (Å²) in [6.45, 7) is 0.453. The molecule has 7 nitrogen and oxygen atoms in total. The molecule has 1 aliphatic rings. The van der Waals surface area contributed by atoms with Gasteiger partial charge in [0.05, 0.1) is 11.8 Å². The maximum Gasteiger partial charge on any atom is 0.307 e. The number of rotatable bonds is 5. The summed E-state index contributed by atoms with van der Waals surface area (Å²) >= 11 is 0. The molecule has 1 amide bonds. The molecule has 0 saturated heterocycles.